The summed E-state index contributed by atoms with van der Waals surface area (Å²) in [6, 6.07) is 10.4. The molecule has 2 fully saturated rings. The van der Waals surface area contributed by atoms with Gasteiger partial charge in [-0.25, -0.2) is 4.99 Å². The highest BCUT2D eigenvalue weighted by molar-refractivity contribution is 14.0. The SMILES string of the molecule is CCNC(=NCc1cccc(C#N)c1)NC1CCN(CC2CCCCC2)CC1.I. The third-order valence-corrected chi connectivity index (χ3v) is 5.99. The average Bonchev–Trinajstić information content (AvgIpc) is 2.74. The first-order valence-corrected chi connectivity index (χ1v) is 11.0. The van der Waals surface area contributed by atoms with E-state index in [9.17, 15) is 0 Å². The largest absolute Gasteiger partial charge is 0.357 e. The molecule has 1 aliphatic heterocycles. The Balaban J connectivity index is 0.00000300. The van der Waals surface area contributed by atoms with Gasteiger partial charge in [-0.05, 0) is 56.2 Å². The second-order valence-corrected chi connectivity index (χ2v) is 8.23. The van der Waals surface area contributed by atoms with Crippen LogP contribution in [-0.4, -0.2) is 43.1 Å². The maximum absolute atomic E-state index is 9.05. The number of hydrogen-bond donors (Lipinski definition) is 2. The van der Waals surface area contributed by atoms with E-state index in [1.807, 2.05) is 24.3 Å². The number of nitriles is 1. The van der Waals surface area contributed by atoms with E-state index in [4.69, 9.17) is 10.3 Å². The van der Waals surface area contributed by atoms with E-state index < -0.39 is 0 Å². The van der Waals surface area contributed by atoms with Gasteiger partial charge in [0.25, 0.3) is 0 Å². The Bertz CT molecular complexity index is 670. The third kappa shape index (κ3) is 8.13. The van der Waals surface area contributed by atoms with Gasteiger partial charge < -0.3 is 15.5 Å². The van der Waals surface area contributed by atoms with E-state index >= 15 is 0 Å². The summed E-state index contributed by atoms with van der Waals surface area (Å²) in [7, 11) is 0. The normalized spacial score (nSPS) is 19.2. The van der Waals surface area contributed by atoms with Crippen LogP contribution in [-0.2, 0) is 6.54 Å². The lowest BCUT2D eigenvalue weighted by atomic mass is 9.88. The molecule has 1 aliphatic carbocycles. The first-order chi connectivity index (χ1) is 13.8. The highest BCUT2D eigenvalue weighted by Gasteiger charge is 2.23. The van der Waals surface area contributed by atoms with Gasteiger partial charge in [0, 0.05) is 32.2 Å². The van der Waals surface area contributed by atoms with E-state index in [0.29, 0.717) is 18.2 Å². The summed E-state index contributed by atoms with van der Waals surface area (Å²) in [5, 5.41) is 16.0. The summed E-state index contributed by atoms with van der Waals surface area (Å²) in [6.07, 6.45) is 9.54. The molecule has 5 nitrogen and oxygen atoms in total. The fourth-order valence-corrected chi connectivity index (χ4v) is 4.42. The number of hydrogen-bond acceptors (Lipinski definition) is 3. The van der Waals surface area contributed by atoms with Gasteiger partial charge in [0.05, 0.1) is 18.2 Å². The Hall–Kier alpha value is -1.33. The number of piperidine rings is 1. The zero-order chi connectivity index (χ0) is 19.6. The highest BCUT2D eigenvalue weighted by atomic mass is 127. The summed E-state index contributed by atoms with van der Waals surface area (Å²) in [5.74, 6) is 1.82. The maximum Gasteiger partial charge on any atom is 0.191 e. The Morgan fingerprint density at radius 1 is 1.17 bits per heavy atom. The summed E-state index contributed by atoms with van der Waals surface area (Å²) in [4.78, 5) is 7.41. The molecule has 2 aliphatic rings. The van der Waals surface area contributed by atoms with Crippen molar-refractivity contribution in [3.05, 3.63) is 35.4 Å². The summed E-state index contributed by atoms with van der Waals surface area (Å²) < 4.78 is 0. The number of rotatable bonds is 6. The molecule has 6 heteroatoms. The molecule has 0 radical (unpaired) electrons. The molecule has 1 saturated carbocycles. The van der Waals surface area contributed by atoms with Gasteiger partial charge >= 0.3 is 0 Å². The minimum Gasteiger partial charge on any atom is -0.357 e. The topological polar surface area (TPSA) is 63.5 Å². The molecular formula is C23H36IN5. The highest BCUT2D eigenvalue weighted by Crippen LogP contribution is 2.25. The monoisotopic (exact) mass is 509 g/mol. The van der Waals surface area contributed by atoms with Crippen LogP contribution in [0.25, 0.3) is 0 Å². The van der Waals surface area contributed by atoms with Crippen molar-refractivity contribution in [1.82, 2.24) is 15.5 Å². The molecule has 1 aromatic rings. The molecule has 0 unspecified atom stereocenters. The van der Waals surface area contributed by atoms with E-state index in [-0.39, 0.29) is 24.0 Å². The molecule has 160 valence electrons. The van der Waals surface area contributed by atoms with Crippen LogP contribution in [0.2, 0.25) is 0 Å². The standard InChI is InChI=1S/C23H35N5.HI/c1-2-25-23(26-17-21-10-6-9-20(15-21)16-24)27-22-11-13-28(14-12-22)18-19-7-4-3-5-8-19;/h6,9-10,15,19,22H,2-5,7-8,11-14,17-18H2,1H3,(H2,25,26,27);1H. The quantitative estimate of drug-likeness (QED) is 0.342. The van der Waals surface area contributed by atoms with Crippen LogP contribution >= 0.6 is 24.0 Å². The van der Waals surface area contributed by atoms with Crippen molar-refractivity contribution in [2.75, 3.05) is 26.2 Å². The number of halogens is 1. The molecule has 3 rings (SSSR count). The van der Waals surface area contributed by atoms with Crippen LogP contribution in [0.15, 0.2) is 29.3 Å². The Morgan fingerprint density at radius 2 is 1.93 bits per heavy atom. The van der Waals surface area contributed by atoms with Crippen molar-refractivity contribution in [2.45, 2.75) is 64.5 Å². The zero-order valence-electron chi connectivity index (χ0n) is 17.7. The van der Waals surface area contributed by atoms with Gasteiger partial charge in [-0.1, -0.05) is 31.4 Å². The lowest BCUT2D eigenvalue weighted by Gasteiger charge is -2.36. The van der Waals surface area contributed by atoms with Crippen LogP contribution < -0.4 is 10.6 Å². The minimum atomic E-state index is 0. The van der Waals surface area contributed by atoms with Gasteiger partial charge in [0.2, 0.25) is 0 Å². The summed E-state index contributed by atoms with van der Waals surface area (Å²) in [6.45, 7) is 7.22. The lowest BCUT2D eigenvalue weighted by molar-refractivity contribution is 0.160. The number of nitrogens with zero attached hydrogens (tertiary/aromatic N) is 3. The average molecular weight is 509 g/mol. The smallest absolute Gasteiger partial charge is 0.191 e. The van der Waals surface area contributed by atoms with Gasteiger partial charge in [-0.15, -0.1) is 24.0 Å². The van der Waals surface area contributed by atoms with E-state index in [0.717, 1.165) is 24.0 Å². The minimum absolute atomic E-state index is 0. The Kier molecular flexibility index (Phi) is 10.8. The summed E-state index contributed by atoms with van der Waals surface area (Å²) in [5.41, 5.74) is 1.76. The van der Waals surface area contributed by atoms with E-state index in [1.54, 1.807) is 0 Å². The number of likely N-dealkylation sites (tertiary alicyclic amines) is 1. The van der Waals surface area contributed by atoms with Crippen molar-refractivity contribution in [1.29, 1.82) is 5.26 Å². The van der Waals surface area contributed by atoms with Gasteiger partial charge in [-0.2, -0.15) is 5.26 Å². The first-order valence-electron chi connectivity index (χ1n) is 11.0. The number of benzene rings is 1. The van der Waals surface area contributed by atoms with Crippen molar-refractivity contribution in [2.24, 2.45) is 10.9 Å². The van der Waals surface area contributed by atoms with E-state index in [1.165, 1.54) is 64.6 Å². The van der Waals surface area contributed by atoms with Gasteiger partial charge in [-0.3, -0.25) is 0 Å². The molecule has 29 heavy (non-hydrogen) atoms. The molecule has 1 saturated heterocycles. The molecule has 0 amide bonds. The molecule has 1 heterocycles. The van der Waals surface area contributed by atoms with Crippen molar-refractivity contribution in [3.8, 4) is 6.07 Å². The number of nitrogens with one attached hydrogen (secondary N) is 2. The molecule has 1 aromatic carbocycles. The second kappa shape index (κ2) is 13.1. The van der Waals surface area contributed by atoms with E-state index in [2.05, 4.69) is 28.5 Å². The van der Waals surface area contributed by atoms with Crippen molar-refractivity contribution in [3.63, 3.8) is 0 Å². The van der Waals surface area contributed by atoms with Gasteiger partial charge in [0.1, 0.15) is 0 Å². The molecule has 0 bridgehead atoms. The molecular weight excluding hydrogens is 473 g/mol. The predicted octanol–water partition coefficient (Wildman–Crippen LogP) is 4.28. The Labute approximate surface area is 193 Å². The molecule has 0 atom stereocenters. The van der Waals surface area contributed by atoms with Crippen LogP contribution in [0.4, 0.5) is 0 Å². The van der Waals surface area contributed by atoms with Crippen LogP contribution in [0.5, 0.6) is 0 Å². The molecule has 0 spiro atoms. The summed E-state index contributed by atoms with van der Waals surface area (Å²) >= 11 is 0. The van der Waals surface area contributed by atoms with Crippen LogP contribution in [0.3, 0.4) is 0 Å². The lowest BCUT2D eigenvalue weighted by Crippen LogP contribution is -2.49. The fraction of sp³-hybridized carbons (Fsp3) is 0.652. The maximum atomic E-state index is 9.05. The van der Waals surface area contributed by atoms with Crippen LogP contribution in [0, 0.1) is 17.2 Å². The number of aliphatic imine (C=N–C) groups is 1. The number of guanidine groups is 1. The zero-order valence-corrected chi connectivity index (χ0v) is 20.0. The van der Waals surface area contributed by atoms with Crippen molar-refractivity contribution < 1.29 is 0 Å². The first kappa shape index (κ1) is 23.9. The molecule has 2 N–H and O–H groups in total. The van der Waals surface area contributed by atoms with Gasteiger partial charge in [0.15, 0.2) is 5.96 Å². The van der Waals surface area contributed by atoms with Crippen LogP contribution in [0.1, 0.15) is 63.0 Å². The Morgan fingerprint density at radius 3 is 2.62 bits per heavy atom. The second-order valence-electron chi connectivity index (χ2n) is 8.23. The third-order valence-electron chi connectivity index (χ3n) is 5.99. The predicted molar refractivity (Wildman–Crippen MR) is 131 cm³/mol. The molecule has 0 aromatic heterocycles. The fourth-order valence-electron chi connectivity index (χ4n) is 4.42. The van der Waals surface area contributed by atoms with Crippen molar-refractivity contribution >= 4 is 29.9 Å².